The fraction of sp³-hybridized carbons (Fsp3) is 0.119. The number of nitrogen functional groups attached to an aromatic ring is 1. The van der Waals surface area contributed by atoms with Gasteiger partial charge in [0.05, 0.1) is 58.7 Å². The minimum absolute atomic E-state index is 0.202. The van der Waals surface area contributed by atoms with Gasteiger partial charge in [-0.3, -0.25) is 0 Å². The van der Waals surface area contributed by atoms with Gasteiger partial charge < -0.3 is 29.6 Å². The van der Waals surface area contributed by atoms with Crippen molar-refractivity contribution in [3.05, 3.63) is 360 Å². The van der Waals surface area contributed by atoms with E-state index >= 15 is 0 Å². The Labute approximate surface area is 750 Å². The molecule has 0 unspecified atom stereocenters. The van der Waals surface area contributed by atoms with Gasteiger partial charge in [0.2, 0.25) is 0 Å². The maximum atomic E-state index is 5.84. The molecule has 24 heteroatoms. The van der Waals surface area contributed by atoms with Gasteiger partial charge in [-0.15, -0.1) is 15.9 Å². The molecule has 17 aromatic rings. The molecule has 0 radical (unpaired) electrons. The average molecular weight is 1780 g/mol. The summed E-state index contributed by atoms with van der Waals surface area (Å²) in [6, 6.07) is 85.3. The van der Waals surface area contributed by atoms with Crippen LogP contribution in [0.15, 0.2) is 331 Å². The first-order chi connectivity index (χ1) is 60.6. The molecule has 17 rings (SSSR count). The molecule has 0 fully saturated rings. The fourth-order valence-electron chi connectivity index (χ4n) is 12.6. The topological polar surface area (TPSA) is 175 Å². The Hall–Kier alpha value is -13.9. The quantitative estimate of drug-likeness (QED) is 0.0202. The van der Waals surface area contributed by atoms with E-state index in [2.05, 4.69) is 227 Å². The minimum atomic E-state index is -1.80. The molecule has 0 atom stereocenters. The van der Waals surface area contributed by atoms with Crippen molar-refractivity contribution in [3.8, 4) is 87.0 Å². The molecule has 0 bridgehead atoms. The third kappa shape index (κ3) is 22.3. The summed E-state index contributed by atoms with van der Waals surface area (Å²) >= 11 is 6.77. The first-order valence-electron chi connectivity index (χ1n) is 39.7. The summed E-state index contributed by atoms with van der Waals surface area (Å²) in [5.41, 5.74) is 25.1. The maximum Gasteiger partial charge on any atom is 0.180 e. The lowest BCUT2D eigenvalue weighted by atomic mass is 10.0. The van der Waals surface area contributed by atoms with Crippen molar-refractivity contribution in [2.45, 2.75) is 48.7 Å². The second-order valence-corrected chi connectivity index (χ2v) is 38.9. The van der Waals surface area contributed by atoms with E-state index < -0.39 is 8.24 Å². The third-order valence-corrected chi connectivity index (χ3v) is 27.9. The monoisotopic (exact) mass is 1780 g/mol. The van der Waals surface area contributed by atoms with Crippen molar-refractivity contribution in [1.82, 2.24) is 42.6 Å². The molecule has 0 spiro atoms. The minimum Gasteiger partial charge on any atom is -0.399 e. The normalized spacial score (nSPS) is 10.9. The Morgan fingerprint density at radius 1 is 0.408 bits per heavy atom. The van der Waals surface area contributed by atoms with Crippen molar-refractivity contribution in [2.75, 3.05) is 62.7 Å². The Bertz CT molecular complexity index is 6800. The molecule has 0 saturated carbocycles. The third-order valence-electron chi connectivity index (χ3n) is 20.5. The van der Waals surface area contributed by atoms with Crippen LogP contribution in [0.25, 0.3) is 77.5 Å². The predicted molar refractivity (Wildman–Crippen MR) is 517 cm³/mol. The lowest BCUT2D eigenvalue weighted by Crippen LogP contribution is -2.45. The van der Waals surface area contributed by atoms with Crippen molar-refractivity contribution in [3.63, 3.8) is 0 Å². The highest BCUT2D eigenvalue weighted by Crippen LogP contribution is 2.41. The maximum absolute atomic E-state index is 5.84. The van der Waals surface area contributed by atoms with Crippen LogP contribution in [0.4, 0.5) is 22.7 Å². The second-order valence-electron chi connectivity index (χ2n) is 30.7. The SMILES string of the molecule is Brc1cnc2c(c1)c(C#Cc1ccccc1)cn2SOOc1ccccc1.C#Cc1cn([Si](C)(C)C(C)(C)C)c2ncc(-c3ccc(N(C)C)cc3)cc12.CN(C)c1ccc(-c2cnc3c(c2)c(C#Cc2ccc(N)cc2)cn3OOSc2ccccc2)cc1.CN(C)c1ccc(-c2cnc3c(c2)c(C#Cc2ccccn2)cn3OOSc2ccccc2)cc1. The zero-order valence-electron chi connectivity index (χ0n) is 70.6. The molecular formula is C101H88BrN13O6S3Si. The summed E-state index contributed by atoms with van der Waals surface area (Å²) < 4.78 is 24.2. The molecule has 0 aliphatic carbocycles. The number of nitrogens with two attached hydrogens (primary N) is 1. The molecule has 125 heavy (non-hydrogen) atoms. The first-order valence-corrected chi connectivity index (χ1v) is 45.6. The molecule has 0 aliphatic rings. The van der Waals surface area contributed by atoms with Gasteiger partial charge >= 0.3 is 0 Å². The van der Waals surface area contributed by atoms with Gasteiger partial charge in [0.15, 0.2) is 43.2 Å². The highest BCUT2D eigenvalue weighted by atomic mass is 79.9. The number of rotatable bonds is 19. The summed E-state index contributed by atoms with van der Waals surface area (Å²) in [6.07, 6.45) is 22.5. The average Bonchev–Trinajstić information content (AvgIpc) is 1.63. The largest absolute Gasteiger partial charge is 0.399 e. The van der Waals surface area contributed by atoms with E-state index in [0.717, 1.165) is 162 Å². The summed E-state index contributed by atoms with van der Waals surface area (Å²) in [7, 11) is 10.4. The Morgan fingerprint density at radius 2 is 0.824 bits per heavy atom. The van der Waals surface area contributed by atoms with E-state index in [1.54, 1.807) is 28.8 Å². The Balaban J connectivity index is 0.000000137. The van der Waals surface area contributed by atoms with Gasteiger partial charge in [0, 0.05) is 172 Å². The number of hydrogen-bond donors (Lipinski definition) is 1. The molecule has 2 N–H and O–H groups in total. The number of benzene rings is 8. The summed E-state index contributed by atoms with van der Waals surface area (Å²) in [5.74, 6) is 22.7. The van der Waals surface area contributed by atoms with Gasteiger partial charge in [-0.1, -0.05) is 198 Å². The van der Waals surface area contributed by atoms with Crippen LogP contribution < -0.4 is 35.3 Å². The zero-order chi connectivity index (χ0) is 87.4. The molecule has 0 aliphatic heterocycles. The van der Waals surface area contributed by atoms with Crippen LogP contribution in [0.3, 0.4) is 0 Å². The summed E-state index contributed by atoms with van der Waals surface area (Å²) in [5, 5.41) is 3.92. The van der Waals surface area contributed by atoms with Crippen molar-refractivity contribution < 1.29 is 27.9 Å². The van der Waals surface area contributed by atoms with Crippen LogP contribution in [-0.2, 0) is 13.0 Å². The molecular weight excluding hydrogens is 1700 g/mol. The van der Waals surface area contributed by atoms with Gasteiger partial charge in [0.1, 0.15) is 11.3 Å². The standard InChI is InChI=1S/C29H24N4O2S.C28H22N4O2S.C23H29N3Si.C21H13BrN2O2S/c1-32(2)26-16-12-22(13-17-26)24-18-28-23(11-8-21-9-14-25(30)15-10-21)20-33(29(28)31-19-24)34-35-36-27-6-4-3-5-7-27;1-31(2)25-15-12-21(13-16-25)23-18-27-22(11-14-24-8-6-7-17-29-24)20-32(28(27)30-19-23)33-34-35-26-9-4-3-5-10-26;1-9-17-16-26(27(7,8)23(2,3)4)22-21(17)14-19(15-24-22)18-10-12-20(13-11-18)25(5)6;22-18-13-20-17(12-11-16-7-3-1-4-8-16)15-24(21(20)23-14-18)27-26-25-19-9-5-2-6-10-19/h3-7,9-10,12-20H,30H2,1-2H3;3-10,12-13,15-20H,1-2H3;1,10-16H,2-8H3;1-10,13-15H. The van der Waals surface area contributed by atoms with Crippen LogP contribution in [0.5, 0.6) is 5.75 Å². The van der Waals surface area contributed by atoms with Gasteiger partial charge in [-0.25, -0.2) is 38.9 Å². The molecule has 0 amide bonds. The van der Waals surface area contributed by atoms with Crippen LogP contribution in [0.2, 0.25) is 18.1 Å². The van der Waals surface area contributed by atoms with Crippen LogP contribution in [-0.4, -0.2) is 93.1 Å². The van der Waals surface area contributed by atoms with E-state index in [1.807, 2.05) is 237 Å². The van der Waals surface area contributed by atoms with Crippen molar-refractivity contribution in [1.29, 1.82) is 0 Å². The lowest BCUT2D eigenvalue weighted by Gasteiger charge is -2.38. The fourth-order valence-corrected chi connectivity index (χ4v) is 16.3. The smallest absolute Gasteiger partial charge is 0.180 e. The number of pyridine rings is 5. The summed E-state index contributed by atoms with van der Waals surface area (Å²) in [4.78, 5) is 47.5. The van der Waals surface area contributed by atoms with Gasteiger partial charge in [-0.05, 0) is 189 Å². The van der Waals surface area contributed by atoms with Crippen molar-refractivity contribution in [2.24, 2.45) is 0 Å². The molecule has 9 heterocycles. The highest BCUT2D eigenvalue weighted by Gasteiger charge is 2.39. The van der Waals surface area contributed by atoms with Gasteiger partial charge in [0.25, 0.3) is 0 Å². The second kappa shape index (κ2) is 40.9. The number of aromatic nitrogens is 9. The molecule has 0 saturated heterocycles. The molecule has 8 aromatic carbocycles. The molecule has 9 aromatic heterocycles. The van der Waals surface area contributed by atoms with Gasteiger partial charge in [-0.2, -0.15) is 0 Å². The zero-order valence-corrected chi connectivity index (χ0v) is 75.6. The van der Waals surface area contributed by atoms with E-state index in [-0.39, 0.29) is 5.04 Å². The number of nitrogens with zero attached hydrogens (tertiary/aromatic N) is 12. The summed E-state index contributed by atoms with van der Waals surface area (Å²) in [6.45, 7) is 11.7. The van der Waals surface area contributed by atoms with E-state index in [0.29, 0.717) is 28.4 Å². The number of anilines is 4. The first kappa shape index (κ1) is 87.5. The highest BCUT2D eigenvalue weighted by molar-refractivity contribution is 9.10. The molecule has 19 nitrogen and oxygen atoms in total. The van der Waals surface area contributed by atoms with E-state index in [1.165, 1.54) is 15.1 Å². The number of fused-ring (bicyclic) bond motifs is 4. The van der Waals surface area contributed by atoms with Crippen LogP contribution >= 0.6 is 52.2 Å². The Morgan fingerprint density at radius 3 is 1.28 bits per heavy atom. The number of hydrogen-bond acceptors (Lipinski definition) is 18. The van der Waals surface area contributed by atoms with Crippen molar-refractivity contribution >= 4 is 127 Å². The van der Waals surface area contributed by atoms with Crippen LogP contribution in [0.1, 0.15) is 59.8 Å². The predicted octanol–water partition coefficient (Wildman–Crippen LogP) is 22.7. The van der Waals surface area contributed by atoms with E-state index in [4.69, 9.17) is 45.0 Å². The Kier molecular flexibility index (Phi) is 28.6. The van der Waals surface area contributed by atoms with E-state index in [9.17, 15) is 0 Å². The van der Waals surface area contributed by atoms with Crippen LogP contribution in [0, 0.1) is 47.9 Å². The lowest BCUT2D eigenvalue weighted by molar-refractivity contribution is -0.188. The molecule has 622 valence electrons. The number of para-hydroxylation sites is 1. The number of halogens is 1. The number of terminal acetylenes is 1.